The van der Waals surface area contributed by atoms with Crippen LogP contribution >= 0.6 is 23.2 Å². The number of benzene rings is 1. The second-order valence-corrected chi connectivity index (χ2v) is 4.11. The number of nitrogens with zero attached hydrogens (tertiary/aromatic N) is 2. The van der Waals surface area contributed by atoms with Crippen LogP contribution in [0.1, 0.15) is 6.92 Å². The van der Waals surface area contributed by atoms with E-state index in [1.165, 1.54) is 13.0 Å². The van der Waals surface area contributed by atoms with Gasteiger partial charge >= 0.3 is 0 Å². The fourth-order valence-electron chi connectivity index (χ4n) is 0.974. The summed E-state index contributed by atoms with van der Waals surface area (Å²) < 4.78 is 0. The first-order valence-corrected chi connectivity index (χ1v) is 5.55. The smallest absolute Gasteiger partial charge is 0.271 e. The molecule has 0 unspecified atom stereocenters. The quantitative estimate of drug-likeness (QED) is 0.446. The van der Waals surface area contributed by atoms with Crippen LogP contribution < -0.4 is 16.8 Å². The molecule has 18 heavy (non-hydrogen) atoms. The Morgan fingerprint density at radius 3 is 2.44 bits per heavy atom. The molecular formula is C10H11Cl2N5O. The fraction of sp³-hybridized carbons (Fsp3) is 0.100. The molecule has 0 bridgehead atoms. The monoisotopic (exact) mass is 287 g/mol. The predicted octanol–water partition coefficient (Wildman–Crippen LogP) is 1.58. The maximum absolute atomic E-state index is 11.7. The summed E-state index contributed by atoms with van der Waals surface area (Å²) in [6.45, 7) is 1.47. The lowest BCUT2D eigenvalue weighted by molar-refractivity contribution is -0.110. The van der Waals surface area contributed by atoms with E-state index in [9.17, 15) is 4.79 Å². The van der Waals surface area contributed by atoms with Crippen molar-refractivity contribution in [1.82, 2.24) is 0 Å². The van der Waals surface area contributed by atoms with Gasteiger partial charge < -0.3 is 16.8 Å². The van der Waals surface area contributed by atoms with Crippen molar-refractivity contribution in [3.63, 3.8) is 0 Å². The molecule has 0 aliphatic heterocycles. The highest BCUT2D eigenvalue weighted by Gasteiger charge is 2.07. The average molecular weight is 288 g/mol. The van der Waals surface area contributed by atoms with Gasteiger partial charge in [0.1, 0.15) is 5.71 Å². The lowest BCUT2D eigenvalue weighted by Crippen LogP contribution is -2.23. The highest BCUT2D eigenvalue weighted by Crippen LogP contribution is 2.24. The molecule has 96 valence electrons. The van der Waals surface area contributed by atoms with Gasteiger partial charge in [-0.25, -0.2) is 0 Å². The topological polar surface area (TPSA) is 106 Å². The molecule has 0 radical (unpaired) electrons. The predicted molar refractivity (Wildman–Crippen MR) is 74.0 cm³/mol. The van der Waals surface area contributed by atoms with Crippen molar-refractivity contribution in [2.75, 3.05) is 5.32 Å². The summed E-state index contributed by atoms with van der Waals surface area (Å²) in [7, 11) is 0. The molecule has 0 saturated heterocycles. The Bertz CT molecular complexity index is 523. The summed E-state index contributed by atoms with van der Waals surface area (Å²) in [6.07, 6.45) is 0. The second kappa shape index (κ2) is 6.23. The molecule has 0 fully saturated rings. The number of nitrogens with two attached hydrogens (primary N) is 2. The van der Waals surface area contributed by atoms with Gasteiger partial charge in [-0.05, 0) is 25.1 Å². The number of hydrogen-bond donors (Lipinski definition) is 3. The number of guanidine groups is 1. The van der Waals surface area contributed by atoms with E-state index in [2.05, 4.69) is 15.5 Å². The Morgan fingerprint density at radius 1 is 1.22 bits per heavy atom. The van der Waals surface area contributed by atoms with Crippen LogP contribution in [0.2, 0.25) is 10.0 Å². The standard InChI is InChI=1S/C10H11Cl2N5O/c1-5(16-17-10(13)14)9(18)15-6-2-3-7(11)8(12)4-6/h2-4H,1H3,(H,15,18)(H4,13,14,17)/b16-5+. The summed E-state index contributed by atoms with van der Waals surface area (Å²) in [5.74, 6) is -0.671. The zero-order valence-corrected chi connectivity index (χ0v) is 11.0. The highest BCUT2D eigenvalue weighted by atomic mass is 35.5. The van der Waals surface area contributed by atoms with Crippen molar-refractivity contribution in [2.24, 2.45) is 21.7 Å². The maximum Gasteiger partial charge on any atom is 0.271 e. The molecule has 5 N–H and O–H groups in total. The van der Waals surface area contributed by atoms with Crippen molar-refractivity contribution in [3.8, 4) is 0 Å². The van der Waals surface area contributed by atoms with Crippen LogP contribution in [-0.2, 0) is 4.79 Å². The summed E-state index contributed by atoms with van der Waals surface area (Å²) in [5.41, 5.74) is 10.8. The summed E-state index contributed by atoms with van der Waals surface area (Å²) in [5, 5.41) is 10.2. The van der Waals surface area contributed by atoms with Crippen LogP contribution in [0, 0.1) is 0 Å². The van der Waals surface area contributed by atoms with Gasteiger partial charge in [-0.2, -0.15) is 0 Å². The Morgan fingerprint density at radius 2 is 1.89 bits per heavy atom. The van der Waals surface area contributed by atoms with Crippen molar-refractivity contribution in [3.05, 3.63) is 28.2 Å². The van der Waals surface area contributed by atoms with Crippen molar-refractivity contribution >= 4 is 46.5 Å². The zero-order chi connectivity index (χ0) is 13.7. The second-order valence-electron chi connectivity index (χ2n) is 3.29. The minimum Gasteiger partial charge on any atom is -0.369 e. The minimum atomic E-state index is -0.446. The molecule has 0 aliphatic carbocycles. The minimum absolute atomic E-state index is 0.106. The number of halogens is 2. The van der Waals surface area contributed by atoms with E-state index in [4.69, 9.17) is 34.7 Å². The van der Waals surface area contributed by atoms with Crippen LogP contribution in [0.3, 0.4) is 0 Å². The van der Waals surface area contributed by atoms with E-state index in [1.807, 2.05) is 0 Å². The molecule has 0 aromatic heterocycles. The van der Waals surface area contributed by atoms with Crippen molar-refractivity contribution in [2.45, 2.75) is 6.92 Å². The molecule has 0 atom stereocenters. The molecule has 8 heteroatoms. The number of rotatable bonds is 3. The SMILES string of the molecule is C/C(=N\N=C(N)N)C(=O)Nc1ccc(Cl)c(Cl)c1. The molecular weight excluding hydrogens is 277 g/mol. The summed E-state index contributed by atoms with van der Waals surface area (Å²) >= 11 is 11.6. The van der Waals surface area contributed by atoms with Crippen LogP contribution in [0.5, 0.6) is 0 Å². The molecule has 1 aromatic rings. The van der Waals surface area contributed by atoms with E-state index >= 15 is 0 Å². The number of carbonyl (C=O) groups excluding carboxylic acids is 1. The van der Waals surface area contributed by atoms with Gasteiger partial charge in [-0.3, -0.25) is 4.79 Å². The zero-order valence-electron chi connectivity index (χ0n) is 9.45. The number of carbonyl (C=O) groups is 1. The fourth-order valence-corrected chi connectivity index (χ4v) is 1.27. The van der Waals surface area contributed by atoms with Crippen LogP contribution in [-0.4, -0.2) is 17.6 Å². The Hall–Kier alpha value is -1.79. The third-order valence-electron chi connectivity index (χ3n) is 1.82. The molecule has 0 saturated carbocycles. The lowest BCUT2D eigenvalue weighted by atomic mass is 10.3. The number of hydrogen-bond acceptors (Lipinski definition) is 3. The lowest BCUT2D eigenvalue weighted by Gasteiger charge is -2.05. The van der Waals surface area contributed by atoms with Gasteiger partial charge in [-0.1, -0.05) is 23.2 Å². The van der Waals surface area contributed by atoms with Gasteiger partial charge in [0.05, 0.1) is 10.0 Å². The Labute approximate surface area is 114 Å². The third kappa shape index (κ3) is 4.23. The van der Waals surface area contributed by atoms with Crippen LogP contribution in [0.4, 0.5) is 5.69 Å². The largest absolute Gasteiger partial charge is 0.369 e. The van der Waals surface area contributed by atoms with Crippen LogP contribution in [0.15, 0.2) is 28.4 Å². The van der Waals surface area contributed by atoms with Gasteiger partial charge in [-0.15, -0.1) is 10.2 Å². The highest BCUT2D eigenvalue weighted by molar-refractivity contribution is 6.43. The van der Waals surface area contributed by atoms with Gasteiger partial charge in [0, 0.05) is 5.69 Å². The number of nitrogens with one attached hydrogen (secondary N) is 1. The summed E-state index contributed by atoms with van der Waals surface area (Å²) in [4.78, 5) is 11.7. The molecule has 0 heterocycles. The van der Waals surface area contributed by atoms with Crippen LogP contribution in [0.25, 0.3) is 0 Å². The van der Waals surface area contributed by atoms with Crippen molar-refractivity contribution < 1.29 is 4.79 Å². The van der Waals surface area contributed by atoms with Gasteiger partial charge in [0.15, 0.2) is 0 Å². The Balaban J connectivity index is 2.78. The molecule has 6 nitrogen and oxygen atoms in total. The van der Waals surface area contributed by atoms with E-state index in [1.54, 1.807) is 12.1 Å². The third-order valence-corrected chi connectivity index (χ3v) is 2.56. The van der Waals surface area contributed by atoms with E-state index in [0.717, 1.165) is 0 Å². The molecule has 0 spiro atoms. The molecule has 1 amide bonds. The van der Waals surface area contributed by atoms with E-state index in [-0.39, 0.29) is 11.7 Å². The molecule has 1 aromatic carbocycles. The molecule has 0 aliphatic rings. The Kier molecular flexibility index (Phi) is 4.94. The average Bonchev–Trinajstić information content (AvgIpc) is 2.30. The molecule has 1 rings (SSSR count). The van der Waals surface area contributed by atoms with E-state index in [0.29, 0.717) is 15.7 Å². The van der Waals surface area contributed by atoms with E-state index < -0.39 is 5.91 Å². The first-order chi connectivity index (χ1) is 8.40. The first kappa shape index (κ1) is 14.3. The number of amides is 1. The maximum atomic E-state index is 11.7. The summed E-state index contributed by atoms with van der Waals surface area (Å²) in [6, 6.07) is 4.71. The van der Waals surface area contributed by atoms with Crippen molar-refractivity contribution in [1.29, 1.82) is 0 Å². The van der Waals surface area contributed by atoms with Gasteiger partial charge in [0.2, 0.25) is 5.96 Å². The normalized spacial score (nSPS) is 10.9. The van der Waals surface area contributed by atoms with Gasteiger partial charge in [0.25, 0.3) is 5.91 Å². The number of anilines is 1. The first-order valence-electron chi connectivity index (χ1n) is 4.79.